The number of rotatable bonds is 6. The maximum atomic E-state index is 12.4. The van der Waals surface area contributed by atoms with Crippen LogP contribution in [0.5, 0.6) is 5.75 Å². The van der Waals surface area contributed by atoms with Gasteiger partial charge in [-0.15, -0.1) is 0 Å². The van der Waals surface area contributed by atoms with E-state index in [2.05, 4.69) is 20.3 Å². The molecule has 0 saturated carbocycles. The van der Waals surface area contributed by atoms with Gasteiger partial charge >= 0.3 is 6.61 Å². The summed E-state index contributed by atoms with van der Waals surface area (Å²) in [6.07, 6.45) is 0. The van der Waals surface area contributed by atoms with Gasteiger partial charge in [-0.1, -0.05) is 48.5 Å². The molecule has 7 heteroatoms. The molecular formula is C18H15F2N3O2. The van der Waals surface area contributed by atoms with Crippen molar-refractivity contribution in [2.75, 3.05) is 0 Å². The molecule has 0 unspecified atom stereocenters. The van der Waals surface area contributed by atoms with Gasteiger partial charge in [0.25, 0.3) is 5.91 Å². The number of nitrogens with zero attached hydrogens (tertiary/aromatic N) is 1. The molecule has 0 aliphatic heterocycles. The predicted octanol–water partition coefficient (Wildman–Crippen LogP) is 3.61. The number of alkyl halides is 2. The molecule has 2 aromatic carbocycles. The minimum Gasteiger partial charge on any atom is -0.434 e. The Balaban J connectivity index is 1.67. The lowest BCUT2D eigenvalue weighted by Gasteiger charge is -2.10. The van der Waals surface area contributed by atoms with Crippen molar-refractivity contribution in [3.63, 3.8) is 0 Å². The lowest BCUT2D eigenvalue weighted by atomic mass is 10.1. The van der Waals surface area contributed by atoms with Crippen molar-refractivity contribution < 1.29 is 18.3 Å². The SMILES string of the molecule is O=C(NCc1ccccc1OC(F)F)c1cc(-c2ccccc2)n[nH]1. The monoisotopic (exact) mass is 343 g/mol. The first-order chi connectivity index (χ1) is 12.1. The number of benzene rings is 2. The molecule has 1 aromatic heterocycles. The first-order valence-corrected chi connectivity index (χ1v) is 7.55. The van der Waals surface area contributed by atoms with E-state index in [0.29, 0.717) is 11.3 Å². The molecule has 0 spiro atoms. The van der Waals surface area contributed by atoms with Gasteiger partial charge in [-0.05, 0) is 12.1 Å². The number of nitrogens with one attached hydrogen (secondary N) is 2. The van der Waals surface area contributed by atoms with Crippen LogP contribution < -0.4 is 10.1 Å². The van der Waals surface area contributed by atoms with Crippen molar-refractivity contribution in [3.05, 3.63) is 71.9 Å². The lowest BCUT2D eigenvalue weighted by Crippen LogP contribution is -2.23. The summed E-state index contributed by atoms with van der Waals surface area (Å²) in [7, 11) is 0. The van der Waals surface area contributed by atoms with Gasteiger partial charge in [-0.2, -0.15) is 13.9 Å². The Morgan fingerprint density at radius 2 is 1.84 bits per heavy atom. The minimum absolute atomic E-state index is 0.0346. The Morgan fingerprint density at radius 3 is 2.60 bits per heavy atom. The van der Waals surface area contributed by atoms with Crippen molar-refractivity contribution in [2.24, 2.45) is 0 Å². The smallest absolute Gasteiger partial charge is 0.387 e. The van der Waals surface area contributed by atoms with Gasteiger partial charge in [0.15, 0.2) is 0 Å². The summed E-state index contributed by atoms with van der Waals surface area (Å²) >= 11 is 0. The van der Waals surface area contributed by atoms with E-state index in [0.717, 1.165) is 5.56 Å². The second-order valence-corrected chi connectivity index (χ2v) is 5.20. The lowest BCUT2D eigenvalue weighted by molar-refractivity contribution is -0.0504. The van der Waals surface area contributed by atoms with E-state index in [-0.39, 0.29) is 23.9 Å². The number of hydrogen-bond donors (Lipinski definition) is 2. The van der Waals surface area contributed by atoms with Gasteiger partial charge in [-0.25, -0.2) is 0 Å². The fourth-order valence-electron chi connectivity index (χ4n) is 2.33. The number of carbonyl (C=O) groups is 1. The molecule has 0 aliphatic rings. The second kappa shape index (κ2) is 7.57. The molecule has 0 bridgehead atoms. The van der Waals surface area contributed by atoms with Crippen molar-refractivity contribution >= 4 is 5.91 Å². The van der Waals surface area contributed by atoms with Crippen LogP contribution in [0.1, 0.15) is 16.1 Å². The Hall–Kier alpha value is -3.22. The van der Waals surface area contributed by atoms with Crippen LogP contribution in [0.4, 0.5) is 8.78 Å². The van der Waals surface area contributed by atoms with E-state index in [1.54, 1.807) is 24.3 Å². The molecule has 0 fully saturated rings. The number of carbonyl (C=O) groups excluding carboxylic acids is 1. The van der Waals surface area contributed by atoms with Gasteiger partial charge < -0.3 is 10.1 Å². The molecule has 1 heterocycles. The van der Waals surface area contributed by atoms with Crippen LogP contribution in [0.25, 0.3) is 11.3 Å². The Kier molecular flexibility index (Phi) is 5.03. The fourth-order valence-corrected chi connectivity index (χ4v) is 2.33. The van der Waals surface area contributed by atoms with Gasteiger partial charge in [0.2, 0.25) is 0 Å². The molecule has 0 radical (unpaired) electrons. The van der Waals surface area contributed by atoms with Crippen molar-refractivity contribution in [2.45, 2.75) is 13.2 Å². The van der Waals surface area contributed by atoms with Crippen molar-refractivity contribution in [3.8, 4) is 17.0 Å². The highest BCUT2D eigenvalue weighted by Crippen LogP contribution is 2.20. The van der Waals surface area contributed by atoms with Gasteiger partial charge in [-0.3, -0.25) is 9.89 Å². The summed E-state index contributed by atoms with van der Waals surface area (Å²) in [4.78, 5) is 12.2. The maximum absolute atomic E-state index is 12.4. The fraction of sp³-hybridized carbons (Fsp3) is 0.111. The third-order valence-electron chi connectivity index (χ3n) is 3.52. The predicted molar refractivity (Wildman–Crippen MR) is 88.3 cm³/mol. The Bertz CT molecular complexity index is 850. The van der Waals surface area contributed by atoms with E-state index >= 15 is 0 Å². The van der Waals surface area contributed by atoms with Crippen LogP contribution in [-0.2, 0) is 6.54 Å². The molecule has 25 heavy (non-hydrogen) atoms. The summed E-state index contributed by atoms with van der Waals surface area (Å²) < 4.78 is 29.3. The molecule has 2 N–H and O–H groups in total. The summed E-state index contributed by atoms with van der Waals surface area (Å²) in [6, 6.07) is 17.4. The van der Waals surface area contributed by atoms with Crippen LogP contribution in [-0.4, -0.2) is 22.7 Å². The number of amides is 1. The first kappa shape index (κ1) is 16.6. The van der Waals surface area contributed by atoms with Crippen molar-refractivity contribution in [1.29, 1.82) is 0 Å². The Morgan fingerprint density at radius 1 is 1.12 bits per heavy atom. The van der Waals surface area contributed by atoms with Gasteiger partial charge in [0.1, 0.15) is 11.4 Å². The van der Waals surface area contributed by atoms with Gasteiger partial charge in [0, 0.05) is 17.7 Å². The maximum Gasteiger partial charge on any atom is 0.387 e. The number of halogens is 2. The summed E-state index contributed by atoms with van der Waals surface area (Å²) in [5.74, 6) is -0.353. The summed E-state index contributed by atoms with van der Waals surface area (Å²) in [5.41, 5.74) is 2.27. The standard InChI is InChI=1S/C18H15F2N3O2/c19-18(20)25-16-9-5-4-8-13(16)11-21-17(24)15-10-14(22-23-15)12-6-2-1-3-7-12/h1-10,18H,11H2,(H,21,24)(H,22,23). The average molecular weight is 343 g/mol. The molecule has 1 amide bonds. The van der Waals surface area contributed by atoms with Crippen LogP contribution in [0.3, 0.4) is 0 Å². The topological polar surface area (TPSA) is 67.0 Å². The molecule has 5 nitrogen and oxygen atoms in total. The first-order valence-electron chi connectivity index (χ1n) is 7.55. The summed E-state index contributed by atoms with van der Waals surface area (Å²) in [6.45, 7) is -2.86. The molecule has 128 valence electrons. The van der Waals surface area contributed by atoms with E-state index < -0.39 is 6.61 Å². The third kappa shape index (κ3) is 4.20. The average Bonchev–Trinajstić information content (AvgIpc) is 3.11. The van der Waals surface area contributed by atoms with Crippen LogP contribution in [0.2, 0.25) is 0 Å². The van der Waals surface area contributed by atoms with Crippen molar-refractivity contribution in [1.82, 2.24) is 15.5 Å². The molecular weight excluding hydrogens is 328 g/mol. The zero-order valence-corrected chi connectivity index (χ0v) is 13.1. The molecule has 3 aromatic rings. The molecule has 0 aliphatic carbocycles. The van der Waals surface area contributed by atoms with E-state index in [1.165, 1.54) is 6.07 Å². The number of ether oxygens (including phenoxy) is 1. The number of H-pyrrole nitrogens is 1. The third-order valence-corrected chi connectivity index (χ3v) is 3.52. The van der Waals surface area contributed by atoms with Gasteiger partial charge in [0.05, 0.1) is 5.69 Å². The van der Waals surface area contributed by atoms with E-state index in [1.807, 2.05) is 30.3 Å². The van der Waals surface area contributed by atoms with Crippen LogP contribution in [0, 0.1) is 0 Å². The van der Waals surface area contributed by atoms with E-state index in [9.17, 15) is 13.6 Å². The molecule has 3 rings (SSSR count). The number of aromatic nitrogens is 2. The zero-order valence-electron chi connectivity index (χ0n) is 13.1. The van der Waals surface area contributed by atoms with Crippen LogP contribution >= 0.6 is 0 Å². The quantitative estimate of drug-likeness (QED) is 0.718. The highest BCUT2D eigenvalue weighted by atomic mass is 19.3. The highest BCUT2D eigenvalue weighted by molar-refractivity contribution is 5.93. The molecule has 0 atom stereocenters. The van der Waals surface area contributed by atoms with Crippen LogP contribution in [0.15, 0.2) is 60.7 Å². The number of aromatic amines is 1. The second-order valence-electron chi connectivity index (χ2n) is 5.20. The van der Waals surface area contributed by atoms with E-state index in [4.69, 9.17) is 0 Å². The normalized spacial score (nSPS) is 10.7. The largest absolute Gasteiger partial charge is 0.434 e. The molecule has 0 saturated heterocycles. The number of hydrogen-bond acceptors (Lipinski definition) is 3. The summed E-state index contributed by atoms with van der Waals surface area (Å²) in [5, 5.41) is 9.44. The highest BCUT2D eigenvalue weighted by Gasteiger charge is 2.13. The Labute approximate surface area is 142 Å². The zero-order chi connectivity index (χ0) is 17.6. The number of para-hydroxylation sites is 1. The minimum atomic E-state index is -2.92.